The molecule has 18 aliphatic carbocycles. The van der Waals surface area contributed by atoms with Gasteiger partial charge in [-0.05, 0) is 304 Å². The summed E-state index contributed by atoms with van der Waals surface area (Å²) in [7, 11) is 0. The maximum atomic E-state index is 13.2. The number of esters is 6. The van der Waals surface area contributed by atoms with E-state index in [1.165, 1.54) is 103 Å². The Morgan fingerprint density at radius 1 is 0.392 bits per heavy atom. The molecule has 0 radical (unpaired) electrons. The lowest BCUT2D eigenvalue weighted by atomic mass is 9.50. The van der Waals surface area contributed by atoms with Crippen LogP contribution in [0.4, 0.5) is 0 Å². The van der Waals surface area contributed by atoms with E-state index in [0.717, 1.165) is 138 Å². The van der Waals surface area contributed by atoms with Gasteiger partial charge in [0.1, 0.15) is 18.3 Å². The molecule has 26 atom stereocenters. The fraction of sp³-hybridized carbons (Fsp3) is 0.931. The summed E-state index contributed by atoms with van der Waals surface area (Å²) in [5.41, 5.74) is -0.0494. The van der Waals surface area contributed by atoms with Gasteiger partial charge in [-0.15, -0.1) is 0 Å². The van der Waals surface area contributed by atoms with Gasteiger partial charge in [0, 0.05) is 0 Å². The second-order valence-electron chi connectivity index (χ2n) is 36.8. The average Bonchev–Trinajstić information content (AvgIpc) is 1.55. The Morgan fingerprint density at radius 2 is 0.716 bits per heavy atom. The Kier molecular flexibility index (Phi) is 27.7. The van der Waals surface area contributed by atoms with Crippen LogP contribution in [0.5, 0.6) is 0 Å². The normalized spacial score (nSPS) is 42.7. The molecule has 0 saturated heterocycles. The molecule has 18 aliphatic rings. The van der Waals surface area contributed by atoms with Crippen molar-refractivity contribution in [3.8, 4) is 0 Å². The summed E-state index contributed by atoms with van der Waals surface area (Å²) in [6, 6.07) is 0. The highest BCUT2D eigenvalue weighted by Gasteiger charge is 2.70. The molecule has 584 valence electrons. The third kappa shape index (κ3) is 15.8. The van der Waals surface area contributed by atoms with Crippen LogP contribution in [-0.2, 0) is 71.4 Å². The van der Waals surface area contributed by atoms with E-state index in [-0.39, 0.29) is 161 Å². The van der Waals surface area contributed by atoms with Crippen molar-refractivity contribution in [3.63, 3.8) is 0 Å². The Bertz CT molecular complexity index is 2770. The predicted octanol–water partition coefficient (Wildman–Crippen LogP) is 19.3. The van der Waals surface area contributed by atoms with Crippen LogP contribution in [0.25, 0.3) is 0 Å². The van der Waals surface area contributed by atoms with Crippen molar-refractivity contribution in [2.24, 2.45) is 165 Å². The molecule has 15 nitrogen and oxygen atoms in total. The van der Waals surface area contributed by atoms with Gasteiger partial charge >= 0.3 is 35.8 Å². The Morgan fingerprint density at radius 3 is 1.06 bits per heavy atom. The van der Waals surface area contributed by atoms with Gasteiger partial charge < -0.3 is 42.6 Å². The van der Waals surface area contributed by atoms with Crippen LogP contribution in [0.2, 0.25) is 0 Å². The first-order chi connectivity index (χ1) is 46.4. The lowest BCUT2D eigenvalue weighted by Crippen LogP contribution is -2.48. The van der Waals surface area contributed by atoms with Gasteiger partial charge in [-0.25, -0.2) is 0 Å². The number of carbonyl (C=O) groups is 6. The molecule has 0 spiro atoms. The molecule has 0 N–H and O–H groups in total. The molecule has 0 amide bonds. The van der Waals surface area contributed by atoms with Gasteiger partial charge in [0.2, 0.25) is 0 Å². The largest absolute Gasteiger partial charge is 0.462 e. The minimum absolute atomic E-state index is 0. The molecule has 26 unspecified atom stereocenters. The number of hydrogen-bond donors (Lipinski definition) is 0. The molecule has 18 rings (SSSR count). The van der Waals surface area contributed by atoms with E-state index < -0.39 is 5.41 Å². The van der Waals surface area contributed by atoms with Crippen LogP contribution >= 0.6 is 0 Å². The van der Waals surface area contributed by atoms with Crippen molar-refractivity contribution in [1.29, 1.82) is 0 Å². The monoisotopic (exact) mass is 1430 g/mol. The molecule has 18 fully saturated rings. The molecule has 15 heteroatoms. The van der Waals surface area contributed by atoms with Crippen LogP contribution in [0, 0.1) is 165 Å². The Hall–Kier alpha value is -3.30. The van der Waals surface area contributed by atoms with E-state index in [0.29, 0.717) is 94.2 Å². The number of carbonyl (C=O) groups excluding carboxylic acids is 6. The second-order valence-corrected chi connectivity index (χ2v) is 36.8. The van der Waals surface area contributed by atoms with Crippen LogP contribution in [0.1, 0.15) is 292 Å². The zero-order chi connectivity index (χ0) is 66.5. The molecular formula is C87H146O15. The van der Waals surface area contributed by atoms with Crippen LogP contribution in [0.3, 0.4) is 0 Å². The molecule has 102 heavy (non-hydrogen) atoms. The predicted molar refractivity (Wildman–Crippen MR) is 397 cm³/mol. The highest BCUT2D eigenvalue weighted by Crippen LogP contribution is 2.72. The van der Waals surface area contributed by atoms with Gasteiger partial charge in [-0.1, -0.05) is 118 Å². The standard InChI is InChI=1S/C30H44O5.C26H40O5.C25H38O5.6CH4/c1-3-16(2)28(31)35-25-10-21-9-24(25)27-22-7-20(26(21)27)8-23(22)29(32)34-15-33-14-30-11-17-4-18(12-30)6-19(5-17)13-30;1-4-26(2,3)25(28)31-21-13-16-12-20(21)23-18-10-15(22(16)23)11-19(18)24(27)30-14-29-17-8-6-5-7-9-17;1-3-14(2)24(26)30-21-12-16-11-20(21)23-18-9-15(22(16)23)10-19(18)25(27)29-13-28-17-7-5-4-6-8-17;;;;;;/h16-27H,3-15H2,1-2H3;15-23H,4-14H2,1-3H3;14-23H,3-13H2,1-2H3;6*1H4. The number of rotatable bonds is 22. The topological polar surface area (TPSA) is 185 Å². The third-order valence-electron chi connectivity index (χ3n) is 31.4. The lowest BCUT2D eigenvalue weighted by Gasteiger charge is -2.56. The zero-order valence-corrected chi connectivity index (χ0v) is 59.8. The van der Waals surface area contributed by atoms with Crippen LogP contribution < -0.4 is 0 Å². The van der Waals surface area contributed by atoms with E-state index >= 15 is 0 Å². The lowest BCUT2D eigenvalue weighted by molar-refractivity contribution is -0.175. The van der Waals surface area contributed by atoms with Crippen molar-refractivity contribution in [1.82, 2.24) is 0 Å². The molecule has 0 aromatic carbocycles. The summed E-state index contributed by atoms with van der Waals surface area (Å²) < 4.78 is 52.7. The second kappa shape index (κ2) is 34.1. The average molecular weight is 1430 g/mol. The van der Waals surface area contributed by atoms with Crippen molar-refractivity contribution < 1.29 is 71.4 Å². The highest BCUT2D eigenvalue weighted by atomic mass is 16.7. The van der Waals surface area contributed by atoms with E-state index in [4.69, 9.17) is 42.6 Å². The number of fused-ring (bicyclic) bond motifs is 27. The van der Waals surface area contributed by atoms with Gasteiger partial charge in [0.25, 0.3) is 0 Å². The smallest absolute Gasteiger partial charge is 0.311 e. The molecule has 0 aliphatic heterocycles. The SMILES string of the molecule is C.C.C.C.C.C.CCC(C)(C)C(=O)OC1CC2CC1C1C3CC(CC3C(=O)OCOC3CCCCC3)C21.CCC(C)C(=O)OC1CC2CC1C1C3CC(CC3C(=O)OCOC3CCCCC3)C21.CCC(C)C(=O)OC1CC2CC1C1C3CC(CC3C(=O)OCOCC34CC5CC(CC(C5)C3)C4)C21. The summed E-state index contributed by atoms with van der Waals surface area (Å²) in [6.45, 7) is 15.1. The molecule has 16 bridgehead atoms. The van der Waals surface area contributed by atoms with Crippen LogP contribution in [-0.4, -0.2) is 93.3 Å². The molecule has 0 aromatic rings. The molecular weight excluding hydrogens is 1280 g/mol. The Balaban J connectivity index is 0.000000173. The minimum Gasteiger partial charge on any atom is -0.462 e. The van der Waals surface area contributed by atoms with Gasteiger partial charge in [0.05, 0.1) is 53.8 Å². The first-order valence-corrected chi connectivity index (χ1v) is 40.3. The summed E-state index contributed by atoms with van der Waals surface area (Å²) in [6.07, 6.45) is 36.5. The third-order valence-corrected chi connectivity index (χ3v) is 31.4. The van der Waals surface area contributed by atoms with Crippen molar-refractivity contribution in [2.75, 3.05) is 27.0 Å². The van der Waals surface area contributed by atoms with E-state index in [1.54, 1.807) is 0 Å². The quantitative estimate of drug-likeness (QED) is 0.0327. The van der Waals surface area contributed by atoms with Crippen molar-refractivity contribution in [2.45, 2.75) is 323 Å². The maximum Gasteiger partial charge on any atom is 0.311 e. The van der Waals surface area contributed by atoms with Crippen molar-refractivity contribution >= 4 is 35.8 Å². The summed E-state index contributed by atoms with van der Waals surface area (Å²) in [4.78, 5) is 76.5. The fourth-order valence-corrected chi connectivity index (χ4v) is 27.1. The summed E-state index contributed by atoms with van der Waals surface area (Å²) in [5, 5.41) is 0. The first-order valence-electron chi connectivity index (χ1n) is 40.3. The summed E-state index contributed by atoms with van der Waals surface area (Å²) >= 11 is 0. The highest BCUT2D eigenvalue weighted by molar-refractivity contribution is 5.77. The van der Waals surface area contributed by atoms with Gasteiger partial charge in [-0.3, -0.25) is 28.8 Å². The fourth-order valence-electron chi connectivity index (χ4n) is 27.1. The zero-order valence-electron chi connectivity index (χ0n) is 59.8. The van der Waals surface area contributed by atoms with E-state index in [9.17, 15) is 28.8 Å². The molecule has 18 saturated carbocycles. The van der Waals surface area contributed by atoms with E-state index in [1.807, 2.05) is 48.5 Å². The van der Waals surface area contributed by atoms with Crippen LogP contribution in [0.15, 0.2) is 0 Å². The molecule has 0 aromatic heterocycles. The molecule has 0 heterocycles. The maximum absolute atomic E-state index is 13.2. The minimum atomic E-state index is -0.416. The van der Waals surface area contributed by atoms with Gasteiger partial charge in [-0.2, -0.15) is 0 Å². The number of ether oxygens (including phenoxy) is 9. The number of hydrogen-bond acceptors (Lipinski definition) is 15. The summed E-state index contributed by atoms with van der Waals surface area (Å²) in [5.74, 6) is 13.1. The first kappa shape index (κ1) is 82.8. The van der Waals surface area contributed by atoms with Crippen molar-refractivity contribution in [3.05, 3.63) is 0 Å². The Labute approximate surface area is 618 Å². The van der Waals surface area contributed by atoms with E-state index in [2.05, 4.69) is 0 Å². The van der Waals surface area contributed by atoms with Gasteiger partial charge in [0.15, 0.2) is 20.4 Å².